The fourth-order valence-electron chi connectivity index (χ4n) is 3.53. The van der Waals surface area contributed by atoms with E-state index >= 15 is 0 Å². The van der Waals surface area contributed by atoms with Crippen LogP contribution in [0.3, 0.4) is 0 Å². The van der Waals surface area contributed by atoms with Gasteiger partial charge in [-0.1, -0.05) is 74.0 Å². The van der Waals surface area contributed by atoms with E-state index in [4.69, 9.17) is 20.5 Å². The van der Waals surface area contributed by atoms with Crippen LogP contribution in [-0.2, 0) is 21.0 Å². The molecule has 0 saturated carbocycles. The quantitative estimate of drug-likeness (QED) is 0.106. The van der Waals surface area contributed by atoms with Crippen molar-refractivity contribution in [3.8, 4) is 0 Å². The lowest BCUT2D eigenvalue weighted by Crippen LogP contribution is -2.29. The Balaban J connectivity index is 1.91. The third kappa shape index (κ3) is 10.4. The normalized spacial score (nSPS) is 13.1. The molecule has 1 heterocycles. The predicted molar refractivity (Wildman–Crippen MR) is 149 cm³/mol. The number of nitrogens with one attached hydrogen (secondary N) is 3. The maximum absolute atomic E-state index is 12.6. The average Bonchev–Trinajstić information content (AvgIpc) is 2.92. The highest BCUT2D eigenvalue weighted by Crippen LogP contribution is 2.18. The monoisotopic (exact) mass is 523 g/mol. The van der Waals surface area contributed by atoms with Crippen LogP contribution in [-0.4, -0.2) is 47.2 Å². The van der Waals surface area contributed by atoms with Gasteiger partial charge in [-0.3, -0.25) is 10.2 Å². The van der Waals surface area contributed by atoms with Crippen molar-refractivity contribution in [1.82, 2.24) is 9.99 Å². The zero-order valence-electron chi connectivity index (χ0n) is 23.1. The third-order valence-electron chi connectivity index (χ3n) is 6.39. The maximum Gasteiger partial charge on any atom is 0.225 e. The van der Waals surface area contributed by atoms with Crippen molar-refractivity contribution in [3.63, 3.8) is 0 Å². The number of carbonyl (C=O) groups excluding carboxylic acids is 1. The van der Waals surface area contributed by atoms with Crippen molar-refractivity contribution in [2.24, 2.45) is 22.2 Å². The summed E-state index contributed by atoms with van der Waals surface area (Å²) in [5, 5.41) is 19.6. The van der Waals surface area contributed by atoms with E-state index in [1.54, 1.807) is 30.3 Å². The second-order valence-electron chi connectivity index (χ2n) is 9.54. The van der Waals surface area contributed by atoms with E-state index in [2.05, 4.69) is 48.4 Å². The van der Waals surface area contributed by atoms with Gasteiger partial charge in [0.25, 0.3) is 0 Å². The molecule has 2 rings (SSSR count). The molecule has 206 valence electrons. The Kier molecular flexibility index (Phi) is 13.1. The number of anilines is 1. The number of hydrogen-bond acceptors (Lipinski definition) is 8. The molecule has 0 aliphatic heterocycles. The van der Waals surface area contributed by atoms with Crippen molar-refractivity contribution < 1.29 is 14.4 Å². The molecule has 1 aromatic carbocycles. The van der Waals surface area contributed by atoms with Gasteiger partial charge in [-0.2, -0.15) is 5.53 Å². The number of likely N-dealkylation sites (N-methyl/N-ethyl adjacent to an activating group) is 1. The smallest absolute Gasteiger partial charge is 0.225 e. The number of pyridine rings is 1. The zero-order valence-corrected chi connectivity index (χ0v) is 23.1. The number of rotatable bonds is 16. The van der Waals surface area contributed by atoms with Gasteiger partial charge in [0.2, 0.25) is 5.91 Å². The first kappa shape index (κ1) is 30.6. The van der Waals surface area contributed by atoms with Crippen molar-refractivity contribution in [2.75, 3.05) is 19.0 Å². The first-order chi connectivity index (χ1) is 18.2. The highest BCUT2D eigenvalue weighted by molar-refractivity contribution is 6.46. The molecule has 10 heteroatoms. The molecule has 1 aromatic heterocycles. The summed E-state index contributed by atoms with van der Waals surface area (Å²) in [6.45, 7) is 9.30. The van der Waals surface area contributed by atoms with Crippen LogP contribution in [0, 0.1) is 22.8 Å². The molecule has 0 aliphatic rings. The van der Waals surface area contributed by atoms with E-state index in [9.17, 15) is 4.79 Å². The topological polar surface area (TPSA) is 136 Å². The molecule has 3 N–H and O–H groups in total. The Hall–Kier alpha value is -3.66. The van der Waals surface area contributed by atoms with E-state index in [1.807, 2.05) is 18.2 Å². The molecular formula is C28H41N7O3. The summed E-state index contributed by atoms with van der Waals surface area (Å²) >= 11 is 0. The van der Waals surface area contributed by atoms with Crippen LogP contribution >= 0.6 is 0 Å². The first-order valence-corrected chi connectivity index (χ1v) is 13.1. The molecular weight excluding hydrogens is 482 g/mol. The van der Waals surface area contributed by atoms with E-state index in [0.717, 1.165) is 24.3 Å². The van der Waals surface area contributed by atoms with Gasteiger partial charge in [-0.15, -0.1) is 0 Å². The first-order valence-electron chi connectivity index (χ1n) is 13.1. The summed E-state index contributed by atoms with van der Waals surface area (Å²) in [7, 11) is 1.49. The molecule has 0 bridgehead atoms. The molecule has 2 unspecified atom stereocenters. The number of ether oxygens (including phenoxy) is 1. The Bertz CT molecular complexity index is 1060. The van der Waals surface area contributed by atoms with Gasteiger partial charge in [0.15, 0.2) is 18.2 Å². The fourth-order valence-corrected chi connectivity index (χ4v) is 3.53. The molecule has 2 atom stereocenters. The minimum absolute atomic E-state index is 0.0434. The lowest BCUT2D eigenvalue weighted by Gasteiger charge is -2.19. The van der Waals surface area contributed by atoms with Crippen molar-refractivity contribution in [1.29, 1.82) is 10.9 Å². The summed E-state index contributed by atoms with van der Waals surface area (Å²) in [4.78, 5) is 22.5. The van der Waals surface area contributed by atoms with Gasteiger partial charge in [-0.25, -0.2) is 9.99 Å². The Labute approximate surface area is 225 Å². The lowest BCUT2D eigenvalue weighted by atomic mass is 9.97. The van der Waals surface area contributed by atoms with Crippen LogP contribution in [0.15, 0.2) is 58.9 Å². The minimum Gasteiger partial charge on any atom is -0.389 e. The number of benzene rings is 1. The third-order valence-corrected chi connectivity index (χ3v) is 6.39. The summed E-state index contributed by atoms with van der Waals surface area (Å²) in [5.74, 6) is 1.22. The van der Waals surface area contributed by atoms with Crippen LogP contribution in [0.25, 0.3) is 0 Å². The van der Waals surface area contributed by atoms with E-state index < -0.39 is 0 Å². The van der Waals surface area contributed by atoms with Crippen LogP contribution in [0.1, 0.15) is 64.6 Å². The highest BCUT2D eigenvalue weighted by Gasteiger charge is 2.16. The molecule has 10 nitrogen and oxygen atoms in total. The number of oxime groups is 1. The van der Waals surface area contributed by atoms with Crippen LogP contribution < -0.4 is 5.32 Å². The summed E-state index contributed by atoms with van der Waals surface area (Å²) < 4.78 is 5.90. The minimum atomic E-state index is -0.0782. The number of aromatic nitrogens is 1. The second-order valence-corrected chi connectivity index (χ2v) is 9.54. The molecule has 38 heavy (non-hydrogen) atoms. The summed E-state index contributed by atoms with van der Waals surface area (Å²) in [6.07, 6.45) is 3.41. The molecule has 2 aromatic rings. The zero-order chi connectivity index (χ0) is 27.9. The second kappa shape index (κ2) is 16.2. The van der Waals surface area contributed by atoms with Gasteiger partial charge >= 0.3 is 0 Å². The molecule has 0 fully saturated rings. The number of hydrogen-bond donors (Lipinski definition) is 3. The maximum atomic E-state index is 12.6. The molecule has 0 radical (unpaired) electrons. The Morgan fingerprint density at radius 1 is 1.11 bits per heavy atom. The van der Waals surface area contributed by atoms with Gasteiger partial charge in [0.05, 0.1) is 11.8 Å². The van der Waals surface area contributed by atoms with Gasteiger partial charge in [0.1, 0.15) is 5.82 Å². The number of amidine groups is 1. The van der Waals surface area contributed by atoms with Gasteiger partial charge < -0.3 is 14.9 Å². The van der Waals surface area contributed by atoms with E-state index in [0.29, 0.717) is 41.9 Å². The average molecular weight is 524 g/mol. The number of nitrogens with zero attached hydrogens (tertiary/aromatic N) is 4. The summed E-state index contributed by atoms with van der Waals surface area (Å²) in [6, 6.07) is 14.4. The molecule has 0 spiro atoms. The standard InChI is InChI=1S/C28H41N7O3/c1-6-22(17-18-37-21(4)20(2)3)15-16-26(36)32-25-14-10-13-24(31-25)19-38-33-27(28(29)35(5)34-30)23-11-8-7-9-12-23/h7-14,20-22,29-30H,6,15-19H2,1-5H3,(H,31,32,36). The van der Waals surface area contributed by atoms with Crippen molar-refractivity contribution in [2.45, 2.75) is 66.1 Å². The predicted octanol–water partition coefficient (Wildman–Crippen LogP) is 6.05. The Morgan fingerprint density at radius 2 is 1.84 bits per heavy atom. The van der Waals surface area contributed by atoms with E-state index in [-0.39, 0.29) is 30.2 Å². The number of carbonyl (C=O) groups is 1. The molecule has 0 saturated heterocycles. The van der Waals surface area contributed by atoms with Crippen LogP contribution in [0.5, 0.6) is 0 Å². The van der Waals surface area contributed by atoms with Crippen LogP contribution in [0.4, 0.5) is 5.82 Å². The lowest BCUT2D eigenvalue weighted by molar-refractivity contribution is -0.116. The van der Waals surface area contributed by atoms with Crippen LogP contribution in [0.2, 0.25) is 0 Å². The fraction of sp³-hybridized carbons (Fsp3) is 0.500. The van der Waals surface area contributed by atoms with Crippen molar-refractivity contribution >= 4 is 23.3 Å². The largest absolute Gasteiger partial charge is 0.389 e. The molecule has 1 amide bonds. The SMILES string of the molecule is CCC(CCOC(C)C(C)C)CCC(=O)Nc1cccc(CON=C(C(=N)N(C)N=N)c2ccccc2)n1. The highest BCUT2D eigenvalue weighted by atomic mass is 16.6. The van der Waals surface area contributed by atoms with Gasteiger partial charge in [-0.05, 0) is 43.7 Å². The summed E-state index contributed by atoms with van der Waals surface area (Å²) in [5.41, 5.74) is 8.65. The Morgan fingerprint density at radius 3 is 2.50 bits per heavy atom. The number of amides is 1. The van der Waals surface area contributed by atoms with Crippen molar-refractivity contribution in [3.05, 3.63) is 59.8 Å². The van der Waals surface area contributed by atoms with Gasteiger partial charge in [0, 0.05) is 25.6 Å². The van der Waals surface area contributed by atoms with E-state index in [1.165, 1.54) is 7.05 Å². The molecule has 0 aliphatic carbocycles.